The fourth-order valence-corrected chi connectivity index (χ4v) is 4.81. The van der Waals surface area contributed by atoms with Crippen LogP contribution in [0, 0.1) is 19.8 Å². The number of aliphatic hydroxyl groups excluding tert-OH is 1. The largest absolute Gasteiger partial charge is 0.444 e. The molecule has 0 spiro atoms. The molecular weight excluding hydrogens is 472 g/mol. The summed E-state index contributed by atoms with van der Waals surface area (Å²) < 4.78 is 12.8. The van der Waals surface area contributed by atoms with Gasteiger partial charge in [-0.3, -0.25) is 14.5 Å². The van der Waals surface area contributed by atoms with Gasteiger partial charge in [0.2, 0.25) is 5.89 Å². The van der Waals surface area contributed by atoms with Crippen molar-refractivity contribution in [3.8, 4) is 11.5 Å². The van der Waals surface area contributed by atoms with E-state index >= 15 is 0 Å². The number of nitrogens with zero attached hydrogens (tertiary/aromatic N) is 5. The average molecular weight is 505 g/mol. The molecule has 0 saturated carbocycles. The minimum Gasteiger partial charge on any atom is -0.444 e. The van der Waals surface area contributed by atoms with Crippen LogP contribution in [0.15, 0.2) is 41.1 Å². The first kappa shape index (κ1) is 24.9. The number of rotatable bonds is 8. The Morgan fingerprint density at radius 1 is 1.24 bits per heavy atom. The smallest absolute Gasteiger partial charge is 0.277 e. The number of fused-ring (bicyclic) bond motifs is 1. The number of carbonyl (C=O) groups is 1. The van der Waals surface area contributed by atoms with Crippen molar-refractivity contribution in [2.45, 2.75) is 33.2 Å². The maximum Gasteiger partial charge on any atom is 0.277 e. The molecule has 0 radical (unpaired) electrons. The van der Waals surface area contributed by atoms with Crippen LogP contribution in [-0.2, 0) is 11.3 Å². The number of methoxy groups -OCH3 is 1. The predicted molar refractivity (Wildman–Crippen MR) is 141 cm³/mol. The van der Waals surface area contributed by atoms with E-state index in [-0.39, 0.29) is 18.2 Å². The molecule has 0 bridgehead atoms. The van der Waals surface area contributed by atoms with Gasteiger partial charge in [0.15, 0.2) is 5.69 Å². The van der Waals surface area contributed by atoms with E-state index in [2.05, 4.69) is 26.3 Å². The van der Waals surface area contributed by atoms with Crippen LogP contribution in [0.4, 0.5) is 11.4 Å². The highest BCUT2D eigenvalue weighted by molar-refractivity contribution is 6.06. The Bertz CT molecular complexity index is 1400. The van der Waals surface area contributed by atoms with Gasteiger partial charge in [0.05, 0.1) is 35.7 Å². The van der Waals surface area contributed by atoms with Crippen LogP contribution in [0.3, 0.4) is 0 Å². The summed E-state index contributed by atoms with van der Waals surface area (Å²) in [5, 5.41) is 18.3. The number of aryl methyl sites for hydroxylation is 2. The van der Waals surface area contributed by atoms with Gasteiger partial charge >= 0.3 is 0 Å². The molecule has 0 unspecified atom stereocenters. The van der Waals surface area contributed by atoms with Crippen LogP contribution < -0.4 is 10.2 Å². The molecule has 1 aromatic carbocycles. The summed E-state index contributed by atoms with van der Waals surface area (Å²) in [5.41, 5.74) is 5.28. The number of nitrogens with one attached hydrogen (secondary N) is 1. The van der Waals surface area contributed by atoms with E-state index in [4.69, 9.17) is 14.3 Å². The Morgan fingerprint density at radius 3 is 2.78 bits per heavy atom. The summed E-state index contributed by atoms with van der Waals surface area (Å²) >= 11 is 0. The molecule has 1 aliphatic rings. The van der Waals surface area contributed by atoms with E-state index < -0.39 is 0 Å². The monoisotopic (exact) mass is 504 g/mol. The molecule has 10 heteroatoms. The lowest BCUT2D eigenvalue weighted by Gasteiger charge is -2.34. The zero-order valence-electron chi connectivity index (χ0n) is 21.4. The minimum atomic E-state index is -0.351. The van der Waals surface area contributed by atoms with E-state index in [1.54, 1.807) is 19.4 Å². The Morgan fingerprint density at radius 2 is 2.05 bits per heavy atom. The van der Waals surface area contributed by atoms with Crippen molar-refractivity contribution in [2.75, 3.05) is 43.6 Å². The topological polar surface area (TPSA) is 119 Å². The third-order valence-electron chi connectivity index (χ3n) is 6.90. The summed E-state index contributed by atoms with van der Waals surface area (Å²) in [5.74, 6) is 0.321. The summed E-state index contributed by atoms with van der Waals surface area (Å²) in [6, 6.07) is 7.74. The van der Waals surface area contributed by atoms with Crippen LogP contribution >= 0.6 is 0 Å². The first-order valence-corrected chi connectivity index (χ1v) is 12.5. The van der Waals surface area contributed by atoms with Crippen molar-refractivity contribution in [3.05, 3.63) is 53.8 Å². The molecule has 10 nitrogen and oxygen atoms in total. The standard InChI is InChI=1S/C27H32N6O4/c1-17-12-20(4-7-28-17)27-30-23(16-37-27)26(35)29-22-13-21-18(2)31-33(10-11-36-3)24(21)14-25(22)32-8-5-19(15-34)6-9-32/h4,7,12-14,16,19,34H,5-6,8-11,15H2,1-3H3,(H,29,35). The average Bonchev–Trinajstić information content (AvgIpc) is 3.52. The van der Waals surface area contributed by atoms with Crippen molar-refractivity contribution >= 4 is 28.2 Å². The molecule has 2 N–H and O–H groups in total. The predicted octanol–water partition coefficient (Wildman–Crippen LogP) is 3.81. The van der Waals surface area contributed by atoms with E-state index in [9.17, 15) is 9.90 Å². The lowest BCUT2D eigenvalue weighted by molar-refractivity contribution is 0.102. The molecule has 3 aromatic heterocycles. The van der Waals surface area contributed by atoms with Crippen LogP contribution in [0.2, 0.25) is 0 Å². The summed E-state index contributed by atoms with van der Waals surface area (Å²) in [6.45, 7) is 6.82. The van der Waals surface area contributed by atoms with E-state index in [0.29, 0.717) is 30.6 Å². The summed E-state index contributed by atoms with van der Waals surface area (Å²) in [4.78, 5) is 24.2. The lowest BCUT2D eigenvalue weighted by Crippen LogP contribution is -2.35. The van der Waals surface area contributed by atoms with Crippen molar-refractivity contribution < 1.29 is 19.1 Å². The van der Waals surface area contributed by atoms with Crippen molar-refractivity contribution in [1.29, 1.82) is 0 Å². The van der Waals surface area contributed by atoms with E-state index in [1.165, 1.54) is 6.26 Å². The van der Waals surface area contributed by atoms with Gasteiger partial charge in [0.1, 0.15) is 6.26 Å². The number of anilines is 2. The number of ether oxygens (including phenoxy) is 1. The molecule has 194 valence electrons. The zero-order chi connectivity index (χ0) is 25.9. The van der Waals surface area contributed by atoms with Crippen LogP contribution in [-0.4, -0.2) is 64.2 Å². The number of hydrogen-bond acceptors (Lipinski definition) is 8. The molecular formula is C27H32N6O4. The Hall–Kier alpha value is -3.76. The maximum absolute atomic E-state index is 13.3. The first-order valence-electron chi connectivity index (χ1n) is 12.5. The van der Waals surface area contributed by atoms with Crippen LogP contribution in [0.1, 0.15) is 34.7 Å². The number of aliphatic hydroxyl groups is 1. The van der Waals surface area contributed by atoms with Gasteiger partial charge in [-0.15, -0.1) is 0 Å². The Labute approximate surface area is 215 Å². The van der Waals surface area contributed by atoms with Crippen molar-refractivity contribution in [3.63, 3.8) is 0 Å². The van der Waals surface area contributed by atoms with Crippen molar-refractivity contribution in [1.82, 2.24) is 19.7 Å². The highest BCUT2D eigenvalue weighted by Crippen LogP contribution is 2.35. The van der Waals surface area contributed by atoms with Gasteiger partial charge in [-0.1, -0.05) is 0 Å². The summed E-state index contributed by atoms with van der Waals surface area (Å²) in [7, 11) is 1.67. The number of oxazole rings is 1. The minimum absolute atomic E-state index is 0.196. The highest BCUT2D eigenvalue weighted by Gasteiger charge is 2.24. The quantitative estimate of drug-likeness (QED) is 0.372. The Balaban J connectivity index is 1.48. The van der Waals surface area contributed by atoms with Gasteiger partial charge < -0.3 is 24.5 Å². The van der Waals surface area contributed by atoms with Gasteiger partial charge in [0, 0.05) is 49.6 Å². The molecule has 4 aromatic rings. The molecule has 1 amide bonds. The second-order valence-corrected chi connectivity index (χ2v) is 9.48. The number of hydrogen-bond donors (Lipinski definition) is 2. The third kappa shape index (κ3) is 5.21. The van der Waals surface area contributed by atoms with E-state index in [1.807, 2.05) is 30.7 Å². The highest BCUT2D eigenvalue weighted by atomic mass is 16.5. The number of carbonyl (C=O) groups excluding carboxylic acids is 1. The number of piperidine rings is 1. The third-order valence-corrected chi connectivity index (χ3v) is 6.90. The maximum atomic E-state index is 13.3. The van der Waals surface area contributed by atoms with Gasteiger partial charge in [-0.25, -0.2) is 4.98 Å². The normalized spacial score (nSPS) is 14.4. The van der Waals surface area contributed by atoms with Gasteiger partial charge in [0.25, 0.3) is 5.91 Å². The number of pyridine rings is 1. The first-order chi connectivity index (χ1) is 18.0. The SMILES string of the molecule is COCCn1nc(C)c2cc(NC(=O)c3coc(-c4ccnc(C)c4)n3)c(N3CCC(CO)CC3)cc21. The molecule has 0 aliphatic carbocycles. The molecule has 1 saturated heterocycles. The van der Waals surface area contributed by atoms with Crippen LogP contribution in [0.5, 0.6) is 0 Å². The molecule has 1 fully saturated rings. The zero-order valence-corrected chi connectivity index (χ0v) is 21.4. The Kier molecular flexibility index (Phi) is 7.20. The number of amides is 1. The molecule has 1 aliphatic heterocycles. The molecule has 5 rings (SSSR count). The van der Waals surface area contributed by atoms with Gasteiger partial charge in [-0.2, -0.15) is 5.10 Å². The molecule has 0 atom stereocenters. The van der Waals surface area contributed by atoms with Crippen LogP contribution in [0.25, 0.3) is 22.4 Å². The fraction of sp³-hybridized carbons (Fsp3) is 0.407. The number of benzene rings is 1. The lowest BCUT2D eigenvalue weighted by atomic mass is 9.97. The number of aromatic nitrogens is 4. The molecule has 4 heterocycles. The fourth-order valence-electron chi connectivity index (χ4n) is 4.81. The second-order valence-electron chi connectivity index (χ2n) is 9.48. The van der Waals surface area contributed by atoms with Gasteiger partial charge in [-0.05, 0) is 56.9 Å². The van der Waals surface area contributed by atoms with Crippen molar-refractivity contribution in [2.24, 2.45) is 5.92 Å². The van der Waals surface area contributed by atoms with E-state index in [0.717, 1.165) is 59.5 Å². The molecule has 37 heavy (non-hydrogen) atoms. The second kappa shape index (κ2) is 10.7. The summed E-state index contributed by atoms with van der Waals surface area (Å²) in [6.07, 6.45) is 4.84.